The van der Waals surface area contributed by atoms with E-state index in [2.05, 4.69) is 9.71 Å². The first-order valence-corrected chi connectivity index (χ1v) is 7.30. The maximum atomic E-state index is 12.9. The molecule has 21 heavy (non-hydrogen) atoms. The molecule has 0 atom stereocenters. The van der Waals surface area contributed by atoms with Crippen molar-refractivity contribution in [1.82, 2.24) is 4.98 Å². The Bertz CT molecular complexity index is 741. The van der Waals surface area contributed by atoms with Gasteiger partial charge >= 0.3 is 6.18 Å². The van der Waals surface area contributed by atoms with Gasteiger partial charge in [-0.15, -0.1) is 0 Å². The van der Waals surface area contributed by atoms with Gasteiger partial charge in [-0.05, 0) is 31.2 Å². The molecule has 0 saturated heterocycles. The fraction of sp³-hybridized carbons (Fsp3) is 0.154. The van der Waals surface area contributed by atoms with Crippen LogP contribution in [-0.2, 0) is 16.2 Å². The fourth-order valence-corrected chi connectivity index (χ4v) is 2.95. The topological polar surface area (TPSA) is 59.1 Å². The van der Waals surface area contributed by atoms with Gasteiger partial charge in [0, 0.05) is 5.69 Å². The monoisotopic (exact) mass is 316 g/mol. The quantitative estimate of drug-likeness (QED) is 0.946. The lowest BCUT2D eigenvalue weighted by Gasteiger charge is -2.14. The number of sulfonamides is 1. The molecule has 0 amide bonds. The molecule has 2 rings (SSSR count). The van der Waals surface area contributed by atoms with Gasteiger partial charge in [-0.1, -0.05) is 12.1 Å². The molecular weight excluding hydrogens is 305 g/mol. The van der Waals surface area contributed by atoms with E-state index in [1.165, 1.54) is 18.3 Å². The van der Waals surface area contributed by atoms with Crippen LogP contribution in [0.1, 0.15) is 11.3 Å². The van der Waals surface area contributed by atoms with E-state index < -0.39 is 26.7 Å². The molecule has 0 saturated carbocycles. The Morgan fingerprint density at radius 3 is 2.33 bits per heavy atom. The summed E-state index contributed by atoms with van der Waals surface area (Å²) in [5.41, 5.74) is -0.455. The lowest BCUT2D eigenvalue weighted by atomic mass is 10.2. The Morgan fingerprint density at radius 2 is 1.76 bits per heavy atom. The van der Waals surface area contributed by atoms with E-state index in [0.29, 0.717) is 5.69 Å². The minimum Gasteiger partial charge on any atom is -0.278 e. The maximum absolute atomic E-state index is 12.9. The number of hydrogen-bond donors (Lipinski definition) is 1. The summed E-state index contributed by atoms with van der Waals surface area (Å²) in [4.78, 5) is 3.06. The fourth-order valence-electron chi connectivity index (χ4n) is 1.67. The minimum absolute atomic E-state index is 0.0950. The summed E-state index contributed by atoms with van der Waals surface area (Å²) in [7, 11) is -4.35. The van der Waals surface area contributed by atoms with Crippen LogP contribution < -0.4 is 4.72 Å². The smallest absolute Gasteiger partial charge is 0.278 e. The summed E-state index contributed by atoms with van der Waals surface area (Å²) in [6.45, 7) is 1.71. The Hall–Kier alpha value is -2.09. The van der Waals surface area contributed by atoms with Gasteiger partial charge in [0.25, 0.3) is 10.0 Å². The molecule has 4 nitrogen and oxygen atoms in total. The zero-order valence-electron chi connectivity index (χ0n) is 10.8. The standard InChI is InChI=1S/C13H11F3N2O2S/c1-9-6-7-10(8-17-9)18-21(19,20)12-5-3-2-4-11(12)13(14,15)16/h2-8,18H,1H3. The first kappa shape index (κ1) is 15.3. The molecule has 0 spiro atoms. The van der Waals surface area contributed by atoms with E-state index in [1.54, 1.807) is 13.0 Å². The SMILES string of the molecule is Cc1ccc(NS(=O)(=O)c2ccccc2C(F)(F)F)cn1. The average Bonchev–Trinajstić information content (AvgIpc) is 2.40. The zero-order valence-corrected chi connectivity index (χ0v) is 11.7. The number of rotatable bonds is 3. The predicted molar refractivity (Wildman–Crippen MR) is 71.2 cm³/mol. The van der Waals surface area contributed by atoms with Crippen molar-refractivity contribution in [3.05, 3.63) is 53.9 Å². The predicted octanol–water partition coefficient (Wildman–Crippen LogP) is 3.21. The normalized spacial score (nSPS) is 12.2. The van der Waals surface area contributed by atoms with Crippen molar-refractivity contribution >= 4 is 15.7 Å². The maximum Gasteiger partial charge on any atom is 0.417 e. The molecule has 1 N–H and O–H groups in total. The second kappa shape index (κ2) is 5.36. The summed E-state index contributed by atoms with van der Waals surface area (Å²) in [5, 5.41) is 0. The number of pyridine rings is 1. The first-order chi connectivity index (χ1) is 9.70. The summed E-state index contributed by atoms with van der Waals surface area (Å²) in [6.07, 6.45) is -3.51. The summed E-state index contributed by atoms with van der Waals surface area (Å²) >= 11 is 0. The van der Waals surface area contributed by atoms with Crippen molar-refractivity contribution < 1.29 is 21.6 Å². The molecule has 0 fully saturated rings. The van der Waals surface area contributed by atoms with Crippen LogP contribution in [-0.4, -0.2) is 13.4 Å². The highest BCUT2D eigenvalue weighted by Crippen LogP contribution is 2.34. The van der Waals surface area contributed by atoms with Crippen LogP contribution in [0.15, 0.2) is 47.5 Å². The number of alkyl halides is 3. The third kappa shape index (κ3) is 3.52. The third-order valence-electron chi connectivity index (χ3n) is 2.65. The van der Waals surface area contributed by atoms with Crippen LogP contribution in [0.2, 0.25) is 0 Å². The van der Waals surface area contributed by atoms with Gasteiger partial charge in [-0.2, -0.15) is 13.2 Å². The van der Waals surface area contributed by atoms with Crippen LogP contribution in [0.25, 0.3) is 0 Å². The van der Waals surface area contributed by atoms with Crippen LogP contribution >= 0.6 is 0 Å². The molecule has 2 aromatic rings. The Balaban J connectivity index is 2.43. The lowest BCUT2D eigenvalue weighted by Crippen LogP contribution is -2.18. The molecule has 0 bridgehead atoms. The van der Waals surface area contributed by atoms with Crippen LogP contribution in [0.3, 0.4) is 0 Å². The Morgan fingerprint density at radius 1 is 1.10 bits per heavy atom. The molecule has 1 aromatic carbocycles. The molecule has 1 heterocycles. The van der Waals surface area contributed by atoms with Gasteiger partial charge < -0.3 is 0 Å². The number of halogens is 3. The van der Waals surface area contributed by atoms with E-state index in [1.807, 2.05) is 0 Å². The highest BCUT2D eigenvalue weighted by atomic mass is 32.2. The zero-order chi connectivity index (χ0) is 15.7. The number of benzene rings is 1. The van der Waals surface area contributed by atoms with Crippen LogP contribution in [0, 0.1) is 6.92 Å². The number of nitrogens with one attached hydrogen (secondary N) is 1. The van der Waals surface area contributed by atoms with Gasteiger partial charge in [0.2, 0.25) is 0 Å². The van der Waals surface area contributed by atoms with E-state index in [-0.39, 0.29) is 5.69 Å². The molecule has 0 aliphatic rings. The van der Waals surface area contributed by atoms with E-state index in [4.69, 9.17) is 0 Å². The van der Waals surface area contributed by atoms with E-state index >= 15 is 0 Å². The Kier molecular flexibility index (Phi) is 3.91. The molecule has 0 aliphatic carbocycles. The molecule has 0 aliphatic heterocycles. The molecular formula is C13H11F3N2O2S. The van der Waals surface area contributed by atoms with Crippen LogP contribution in [0.4, 0.5) is 18.9 Å². The largest absolute Gasteiger partial charge is 0.417 e. The second-order valence-corrected chi connectivity index (χ2v) is 5.94. The third-order valence-corrected chi connectivity index (χ3v) is 4.09. The van der Waals surface area contributed by atoms with Crippen molar-refractivity contribution in [3.63, 3.8) is 0 Å². The van der Waals surface area contributed by atoms with Crippen molar-refractivity contribution in [3.8, 4) is 0 Å². The van der Waals surface area contributed by atoms with Crippen molar-refractivity contribution in [2.45, 2.75) is 18.0 Å². The Labute approximate surface area is 119 Å². The second-order valence-electron chi connectivity index (χ2n) is 4.29. The molecule has 112 valence electrons. The number of nitrogens with zero attached hydrogens (tertiary/aromatic N) is 1. The van der Waals surface area contributed by atoms with Crippen molar-refractivity contribution in [2.75, 3.05) is 4.72 Å². The molecule has 8 heteroatoms. The van der Waals surface area contributed by atoms with Crippen molar-refractivity contribution in [2.24, 2.45) is 0 Å². The lowest BCUT2D eigenvalue weighted by molar-refractivity contribution is -0.139. The number of aromatic nitrogens is 1. The van der Waals surface area contributed by atoms with E-state index in [9.17, 15) is 21.6 Å². The highest BCUT2D eigenvalue weighted by molar-refractivity contribution is 7.92. The first-order valence-electron chi connectivity index (χ1n) is 5.82. The van der Waals surface area contributed by atoms with Gasteiger partial charge in [0.1, 0.15) is 0 Å². The van der Waals surface area contributed by atoms with Gasteiger partial charge in [0.15, 0.2) is 0 Å². The molecule has 0 unspecified atom stereocenters. The highest BCUT2D eigenvalue weighted by Gasteiger charge is 2.36. The average molecular weight is 316 g/mol. The number of hydrogen-bond acceptors (Lipinski definition) is 3. The number of aryl methyl sites for hydroxylation is 1. The van der Waals surface area contributed by atoms with Crippen molar-refractivity contribution in [1.29, 1.82) is 0 Å². The summed E-state index contributed by atoms with van der Waals surface area (Å²) < 4.78 is 64.9. The molecule has 0 radical (unpaired) electrons. The summed E-state index contributed by atoms with van der Waals surface area (Å²) in [5.74, 6) is 0. The minimum atomic E-state index is -4.75. The van der Waals surface area contributed by atoms with Gasteiger partial charge in [0.05, 0.1) is 22.3 Å². The van der Waals surface area contributed by atoms with Crippen LogP contribution in [0.5, 0.6) is 0 Å². The molecule has 1 aromatic heterocycles. The van der Waals surface area contributed by atoms with Gasteiger partial charge in [-0.3, -0.25) is 9.71 Å². The summed E-state index contributed by atoms with van der Waals surface area (Å²) in [6, 6.07) is 6.98. The van der Waals surface area contributed by atoms with E-state index in [0.717, 1.165) is 18.2 Å². The number of anilines is 1. The van der Waals surface area contributed by atoms with Gasteiger partial charge in [-0.25, -0.2) is 8.42 Å².